The molecule has 100 valence electrons. The summed E-state index contributed by atoms with van der Waals surface area (Å²) in [5.41, 5.74) is 0. The van der Waals surface area contributed by atoms with Crippen molar-refractivity contribution in [1.29, 1.82) is 0 Å². The van der Waals surface area contributed by atoms with Crippen LogP contribution >= 0.6 is 11.8 Å². The first-order chi connectivity index (χ1) is 8.17. The molecule has 2 rings (SSSR count). The number of hydrogen-bond donors (Lipinski definition) is 1. The molecule has 0 amide bonds. The number of rotatable bonds is 4. The van der Waals surface area contributed by atoms with Gasteiger partial charge in [0.15, 0.2) is 0 Å². The molecule has 17 heavy (non-hydrogen) atoms. The second-order valence-electron chi connectivity index (χ2n) is 6.39. The Bertz CT molecular complexity index is 225. The van der Waals surface area contributed by atoms with Crippen molar-refractivity contribution in [3.63, 3.8) is 0 Å². The molecule has 2 saturated carbocycles. The molecular weight excluding hydrogens is 226 g/mol. The number of thioether (sulfide) groups is 1. The third kappa shape index (κ3) is 3.20. The minimum atomic E-state index is 0.566. The highest BCUT2D eigenvalue weighted by Crippen LogP contribution is 2.40. The number of hydrogen-bond acceptors (Lipinski definition) is 2. The zero-order valence-corrected chi connectivity index (χ0v) is 12.6. The Morgan fingerprint density at radius 1 is 1.06 bits per heavy atom. The van der Waals surface area contributed by atoms with Gasteiger partial charge in [-0.2, -0.15) is 11.8 Å². The van der Waals surface area contributed by atoms with E-state index in [2.05, 4.69) is 37.2 Å². The molecule has 0 spiro atoms. The van der Waals surface area contributed by atoms with Crippen LogP contribution in [-0.4, -0.2) is 23.6 Å². The van der Waals surface area contributed by atoms with Crippen LogP contribution < -0.4 is 5.32 Å². The Balaban J connectivity index is 1.87. The molecule has 2 unspecified atom stereocenters. The van der Waals surface area contributed by atoms with E-state index in [0.29, 0.717) is 4.75 Å². The summed E-state index contributed by atoms with van der Waals surface area (Å²) >= 11 is 2.11. The molecule has 1 nitrogen and oxygen atoms in total. The van der Waals surface area contributed by atoms with Gasteiger partial charge in [-0.3, -0.25) is 0 Å². The van der Waals surface area contributed by atoms with E-state index < -0.39 is 0 Å². The highest BCUT2D eigenvalue weighted by molar-refractivity contribution is 8.00. The minimum Gasteiger partial charge on any atom is -0.312 e. The van der Waals surface area contributed by atoms with Crippen molar-refractivity contribution >= 4 is 11.8 Å². The highest BCUT2D eigenvalue weighted by Gasteiger charge is 2.35. The van der Waals surface area contributed by atoms with E-state index in [-0.39, 0.29) is 0 Å². The van der Waals surface area contributed by atoms with E-state index in [0.717, 1.165) is 17.9 Å². The van der Waals surface area contributed by atoms with Crippen molar-refractivity contribution in [2.75, 3.05) is 12.8 Å². The fraction of sp³-hybridized carbons (Fsp3) is 1.00. The summed E-state index contributed by atoms with van der Waals surface area (Å²) in [4.78, 5) is 0. The first-order valence-electron chi connectivity index (χ1n) is 7.45. The average Bonchev–Trinajstić information content (AvgIpc) is 2.78. The Morgan fingerprint density at radius 2 is 1.65 bits per heavy atom. The Morgan fingerprint density at radius 3 is 2.18 bits per heavy atom. The molecule has 2 aliphatic carbocycles. The summed E-state index contributed by atoms with van der Waals surface area (Å²) in [7, 11) is 0. The van der Waals surface area contributed by atoms with Crippen LogP contribution in [0.15, 0.2) is 0 Å². The smallest absolute Gasteiger partial charge is 0.0281 e. The lowest BCUT2D eigenvalue weighted by atomic mass is 9.78. The fourth-order valence-corrected chi connectivity index (χ4v) is 4.78. The summed E-state index contributed by atoms with van der Waals surface area (Å²) < 4.78 is 0.566. The maximum atomic E-state index is 3.93. The van der Waals surface area contributed by atoms with Crippen LogP contribution in [0.3, 0.4) is 0 Å². The summed E-state index contributed by atoms with van der Waals surface area (Å²) in [6.07, 6.45) is 12.3. The van der Waals surface area contributed by atoms with Crippen LogP contribution in [0.5, 0.6) is 0 Å². The quantitative estimate of drug-likeness (QED) is 0.812. The maximum absolute atomic E-state index is 3.93. The largest absolute Gasteiger partial charge is 0.312 e. The van der Waals surface area contributed by atoms with Gasteiger partial charge in [-0.1, -0.05) is 33.1 Å². The molecule has 1 N–H and O–H groups in total. The zero-order valence-electron chi connectivity index (χ0n) is 11.8. The normalized spacial score (nSPS) is 37.2. The fourth-order valence-electron chi connectivity index (χ4n) is 3.86. The van der Waals surface area contributed by atoms with Crippen LogP contribution in [0.4, 0.5) is 0 Å². The lowest BCUT2D eigenvalue weighted by Crippen LogP contribution is -2.48. The lowest BCUT2D eigenvalue weighted by Gasteiger charge is -2.38. The van der Waals surface area contributed by atoms with Crippen LogP contribution in [0.1, 0.15) is 58.8 Å². The molecule has 0 aromatic carbocycles. The van der Waals surface area contributed by atoms with E-state index in [1.807, 2.05) is 0 Å². The Hall–Kier alpha value is 0.310. The monoisotopic (exact) mass is 255 g/mol. The zero-order chi connectivity index (χ0) is 12.3. The van der Waals surface area contributed by atoms with Gasteiger partial charge in [0.25, 0.3) is 0 Å². The molecular formula is C15H29NS. The second-order valence-corrected chi connectivity index (χ2v) is 7.66. The molecule has 0 aromatic rings. The molecule has 0 aromatic heterocycles. The average molecular weight is 255 g/mol. The van der Waals surface area contributed by atoms with Gasteiger partial charge in [0.2, 0.25) is 0 Å². The van der Waals surface area contributed by atoms with Gasteiger partial charge in [0.1, 0.15) is 0 Å². The van der Waals surface area contributed by atoms with E-state index in [1.54, 1.807) is 0 Å². The molecule has 2 aliphatic rings. The van der Waals surface area contributed by atoms with Crippen LogP contribution in [0.25, 0.3) is 0 Å². The molecule has 0 bridgehead atoms. The predicted molar refractivity (Wildman–Crippen MR) is 78.7 cm³/mol. The molecule has 2 heteroatoms. The molecule has 0 saturated heterocycles. The summed E-state index contributed by atoms with van der Waals surface area (Å²) in [5, 5.41) is 3.93. The third-order valence-corrected chi connectivity index (χ3v) is 6.57. The second kappa shape index (κ2) is 5.97. The van der Waals surface area contributed by atoms with Gasteiger partial charge in [0.05, 0.1) is 0 Å². The standard InChI is InChI=1S/C15H29NS/c1-12-7-6-8-13(2)14(12)16-11-15(17-3)9-4-5-10-15/h12-14,16H,4-11H2,1-3H3. The summed E-state index contributed by atoms with van der Waals surface area (Å²) in [5.74, 6) is 1.75. The van der Waals surface area contributed by atoms with Crippen molar-refractivity contribution in [2.24, 2.45) is 11.8 Å². The van der Waals surface area contributed by atoms with Gasteiger partial charge in [-0.25, -0.2) is 0 Å². The van der Waals surface area contributed by atoms with Crippen molar-refractivity contribution in [2.45, 2.75) is 69.6 Å². The van der Waals surface area contributed by atoms with Gasteiger partial charge >= 0.3 is 0 Å². The molecule has 0 heterocycles. The Labute approximate surface area is 112 Å². The minimum absolute atomic E-state index is 0.566. The predicted octanol–water partition coefficient (Wildman–Crippen LogP) is 4.08. The topological polar surface area (TPSA) is 12.0 Å². The molecule has 2 fully saturated rings. The first kappa shape index (κ1) is 13.7. The molecule has 0 aliphatic heterocycles. The van der Waals surface area contributed by atoms with Crippen LogP contribution in [0, 0.1) is 11.8 Å². The Kier molecular flexibility index (Phi) is 4.82. The van der Waals surface area contributed by atoms with Crippen LogP contribution in [0.2, 0.25) is 0 Å². The summed E-state index contributed by atoms with van der Waals surface area (Å²) in [6, 6.07) is 0.772. The van der Waals surface area contributed by atoms with Crippen LogP contribution in [-0.2, 0) is 0 Å². The first-order valence-corrected chi connectivity index (χ1v) is 8.68. The van der Waals surface area contributed by atoms with Crippen molar-refractivity contribution in [3.8, 4) is 0 Å². The van der Waals surface area contributed by atoms with Crippen molar-refractivity contribution in [3.05, 3.63) is 0 Å². The van der Waals surface area contributed by atoms with Crippen molar-refractivity contribution < 1.29 is 0 Å². The van der Waals surface area contributed by atoms with Gasteiger partial charge < -0.3 is 5.32 Å². The third-order valence-electron chi connectivity index (χ3n) is 5.15. The van der Waals surface area contributed by atoms with Crippen molar-refractivity contribution in [1.82, 2.24) is 5.32 Å². The van der Waals surface area contributed by atoms with E-state index in [4.69, 9.17) is 0 Å². The van der Waals surface area contributed by atoms with Gasteiger partial charge in [-0.15, -0.1) is 0 Å². The maximum Gasteiger partial charge on any atom is 0.0281 e. The van der Waals surface area contributed by atoms with E-state index in [1.165, 1.54) is 51.5 Å². The van der Waals surface area contributed by atoms with Gasteiger partial charge in [0, 0.05) is 17.3 Å². The molecule has 0 radical (unpaired) electrons. The van der Waals surface area contributed by atoms with E-state index in [9.17, 15) is 0 Å². The number of nitrogens with one attached hydrogen (secondary N) is 1. The summed E-state index contributed by atoms with van der Waals surface area (Å²) in [6.45, 7) is 6.12. The highest BCUT2D eigenvalue weighted by atomic mass is 32.2. The van der Waals surface area contributed by atoms with E-state index >= 15 is 0 Å². The van der Waals surface area contributed by atoms with Gasteiger partial charge in [-0.05, 0) is 43.8 Å². The SMILES string of the molecule is CSC1(CNC2C(C)CCCC2C)CCCC1. The lowest BCUT2D eigenvalue weighted by molar-refractivity contribution is 0.204. The molecule has 2 atom stereocenters.